The van der Waals surface area contributed by atoms with E-state index in [1.54, 1.807) is 36.4 Å². The minimum Gasteiger partial charge on any atom is -0.481 e. The largest absolute Gasteiger partial charge is 0.481 e. The molecule has 0 saturated carbocycles. The van der Waals surface area contributed by atoms with Crippen LogP contribution >= 0.6 is 0 Å². The second-order valence-corrected chi connectivity index (χ2v) is 4.33. The summed E-state index contributed by atoms with van der Waals surface area (Å²) in [4.78, 5) is 22.7. The molecule has 5 nitrogen and oxygen atoms in total. The molecule has 2 rings (SSSR count). The number of carboxylic acid groups (broad SMARTS) is 1. The van der Waals surface area contributed by atoms with E-state index in [0.29, 0.717) is 17.5 Å². The van der Waals surface area contributed by atoms with Gasteiger partial charge in [-0.25, -0.2) is 0 Å². The van der Waals surface area contributed by atoms with Gasteiger partial charge >= 0.3 is 5.97 Å². The molecular weight excluding hydrogens is 244 g/mol. The van der Waals surface area contributed by atoms with E-state index < -0.39 is 11.9 Å². The lowest BCUT2D eigenvalue weighted by atomic mass is 10.1. The summed E-state index contributed by atoms with van der Waals surface area (Å²) in [7, 11) is 0. The molecule has 0 radical (unpaired) electrons. The number of carboxylic acids is 1. The van der Waals surface area contributed by atoms with Crippen molar-refractivity contribution in [2.24, 2.45) is 5.92 Å². The third kappa shape index (κ3) is 2.99. The van der Waals surface area contributed by atoms with Crippen molar-refractivity contribution >= 4 is 11.9 Å². The Balaban J connectivity index is 1.97. The first-order valence-corrected chi connectivity index (χ1v) is 5.82. The maximum Gasteiger partial charge on any atom is 0.310 e. The van der Waals surface area contributed by atoms with Crippen molar-refractivity contribution in [3.8, 4) is 6.07 Å². The number of carbonyl (C=O) groups excluding carboxylic acids is 1. The molecule has 0 aromatic heterocycles. The Hall–Kier alpha value is -2.61. The average molecular weight is 256 g/mol. The molecule has 1 aliphatic carbocycles. The highest BCUT2D eigenvalue weighted by molar-refractivity contribution is 5.94. The second kappa shape index (κ2) is 5.36. The number of nitriles is 1. The van der Waals surface area contributed by atoms with Crippen LogP contribution in [0.5, 0.6) is 0 Å². The van der Waals surface area contributed by atoms with Gasteiger partial charge in [0.2, 0.25) is 0 Å². The summed E-state index contributed by atoms with van der Waals surface area (Å²) in [6, 6.07) is 8.00. The summed E-state index contributed by atoms with van der Waals surface area (Å²) in [5.41, 5.74) is 0.939. The predicted molar refractivity (Wildman–Crippen MR) is 67.3 cm³/mol. The van der Waals surface area contributed by atoms with Crippen LogP contribution in [0.25, 0.3) is 0 Å². The summed E-state index contributed by atoms with van der Waals surface area (Å²) in [6.45, 7) is 0. The van der Waals surface area contributed by atoms with E-state index in [-0.39, 0.29) is 11.9 Å². The zero-order chi connectivity index (χ0) is 13.8. The summed E-state index contributed by atoms with van der Waals surface area (Å²) in [5.74, 6) is -1.69. The van der Waals surface area contributed by atoms with Gasteiger partial charge in [-0.2, -0.15) is 5.26 Å². The Bertz CT molecular complexity index is 569. The summed E-state index contributed by atoms with van der Waals surface area (Å²) < 4.78 is 0. The number of carbonyl (C=O) groups is 2. The molecule has 0 fully saturated rings. The van der Waals surface area contributed by atoms with Gasteiger partial charge in [0.05, 0.1) is 17.6 Å². The quantitative estimate of drug-likeness (QED) is 0.798. The van der Waals surface area contributed by atoms with Crippen LogP contribution in [0.2, 0.25) is 0 Å². The lowest BCUT2D eigenvalue weighted by Crippen LogP contribution is -2.33. The average Bonchev–Trinajstić information content (AvgIpc) is 2.87. The van der Waals surface area contributed by atoms with Gasteiger partial charge in [0.1, 0.15) is 0 Å². The third-order valence-electron chi connectivity index (χ3n) is 2.99. The van der Waals surface area contributed by atoms with Crippen LogP contribution in [0.4, 0.5) is 0 Å². The SMILES string of the molecule is N#Cc1ccc(C(=O)NC2C=CC(C(=O)O)C2)cc1. The molecule has 19 heavy (non-hydrogen) atoms. The van der Waals surface area contributed by atoms with Crippen molar-refractivity contribution in [1.82, 2.24) is 5.32 Å². The smallest absolute Gasteiger partial charge is 0.310 e. The van der Waals surface area contributed by atoms with Gasteiger partial charge in [-0.05, 0) is 30.7 Å². The molecule has 2 N–H and O–H groups in total. The number of hydrogen-bond donors (Lipinski definition) is 2. The predicted octanol–water partition coefficient (Wildman–Crippen LogP) is 1.32. The molecular formula is C14H12N2O3. The zero-order valence-corrected chi connectivity index (χ0v) is 10.0. The molecule has 0 heterocycles. The van der Waals surface area contributed by atoms with E-state index >= 15 is 0 Å². The summed E-state index contributed by atoms with van der Waals surface area (Å²) >= 11 is 0. The van der Waals surface area contributed by atoms with Gasteiger partial charge < -0.3 is 10.4 Å². The number of hydrogen-bond acceptors (Lipinski definition) is 3. The highest BCUT2D eigenvalue weighted by Gasteiger charge is 2.25. The molecule has 1 aliphatic rings. The summed E-state index contributed by atoms with van der Waals surface area (Å²) in [6.07, 6.45) is 3.66. The van der Waals surface area contributed by atoms with Gasteiger partial charge in [-0.15, -0.1) is 0 Å². The van der Waals surface area contributed by atoms with Gasteiger partial charge in [0, 0.05) is 11.6 Å². The molecule has 1 aromatic rings. The van der Waals surface area contributed by atoms with E-state index in [4.69, 9.17) is 10.4 Å². The number of benzene rings is 1. The molecule has 1 aromatic carbocycles. The highest BCUT2D eigenvalue weighted by Crippen LogP contribution is 2.18. The van der Waals surface area contributed by atoms with Crippen molar-refractivity contribution in [3.05, 3.63) is 47.5 Å². The second-order valence-electron chi connectivity index (χ2n) is 4.33. The fourth-order valence-corrected chi connectivity index (χ4v) is 1.94. The first kappa shape index (κ1) is 12.8. The normalized spacial score (nSPS) is 20.8. The van der Waals surface area contributed by atoms with Crippen LogP contribution in [0.3, 0.4) is 0 Å². The minimum absolute atomic E-state index is 0.260. The Morgan fingerprint density at radius 3 is 2.47 bits per heavy atom. The van der Waals surface area contributed by atoms with Crippen LogP contribution in [-0.4, -0.2) is 23.0 Å². The fraction of sp³-hybridized carbons (Fsp3) is 0.214. The maximum atomic E-state index is 11.9. The molecule has 96 valence electrons. The van der Waals surface area contributed by atoms with Gasteiger partial charge in [-0.1, -0.05) is 12.2 Å². The van der Waals surface area contributed by atoms with E-state index in [9.17, 15) is 9.59 Å². The first-order chi connectivity index (χ1) is 9.10. The maximum absolute atomic E-state index is 11.9. The highest BCUT2D eigenvalue weighted by atomic mass is 16.4. The standard InChI is InChI=1S/C14H12N2O3/c15-8-9-1-3-10(4-2-9)13(17)16-12-6-5-11(7-12)14(18)19/h1-6,11-12H,7H2,(H,16,17)(H,18,19). The van der Waals surface area contributed by atoms with E-state index in [1.807, 2.05) is 6.07 Å². The van der Waals surface area contributed by atoms with Crippen molar-refractivity contribution in [2.75, 3.05) is 0 Å². The number of aliphatic carboxylic acids is 1. The van der Waals surface area contributed by atoms with Crippen molar-refractivity contribution in [3.63, 3.8) is 0 Å². The van der Waals surface area contributed by atoms with Crippen LogP contribution in [0.15, 0.2) is 36.4 Å². The Morgan fingerprint density at radius 1 is 1.26 bits per heavy atom. The zero-order valence-electron chi connectivity index (χ0n) is 10.0. The number of amides is 1. The topological polar surface area (TPSA) is 90.2 Å². The van der Waals surface area contributed by atoms with Crippen molar-refractivity contribution in [1.29, 1.82) is 5.26 Å². The molecule has 2 atom stereocenters. The molecule has 0 saturated heterocycles. The van der Waals surface area contributed by atoms with E-state index in [0.717, 1.165) is 0 Å². The molecule has 0 aliphatic heterocycles. The number of nitrogens with one attached hydrogen (secondary N) is 1. The van der Waals surface area contributed by atoms with Crippen LogP contribution < -0.4 is 5.32 Å². The third-order valence-corrected chi connectivity index (χ3v) is 2.99. The summed E-state index contributed by atoms with van der Waals surface area (Å²) in [5, 5.41) is 20.3. The van der Waals surface area contributed by atoms with Gasteiger partial charge in [0.25, 0.3) is 5.91 Å². The van der Waals surface area contributed by atoms with Gasteiger partial charge in [0.15, 0.2) is 0 Å². The monoisotopic (exact) mass is 256 g/mol. The van der Waals surface area contributed by atoms with Crippen LogP contribution in [-0.2, 0) is 4.79 Å². The van der Waals surface area contributed by atoms with Crippen molar-refractivity contribution in [2.45, 2.75) is 12.5 Å². The number of rotatable bonds is 3. The molecule has 1 amide bonds. The molecule has 2 unspecified atom stereocenters. The van der Waals surface area contributed by atoms with Crippen molar-refractivity contribution < 1.29 is 14.7 Å². The Morgan fingerprint density at radius 2 is 1.95 bits per heavy atom. The van der Waals surface area contributed by atoms with Crippen LogP contribution in [0.1, 0.15) is 22.3 Å². The van der Waals surface area contributed by atoms with Gasteiger partial charge in [-0.3, -0.25) is 9.59 Å². The van der Waals surface area contributed by atoms with E-state index in [1.165, 1.54) is 0 Å². The number of nitrogens with zero attached hydrogens (tertiary/aromatic N) is 1. The first-order valence-electron chi connectivity index (χ1n) is 5.82. The Labute approximate surface area is 110 Å². The molecule has 0 spiro atoms. The fourth-order valence-electron chi connectivity index (χ4n) is 1.94. The van der Waals surface area contributed by atoms with Crippen LogP contribution in [0, 0.1) is 17.2 Å². The molecule has 0 bridgehead atoms. The molecule has 5 heteroatoms. The lowest BCUT2D eigenvalue weighted by molar-refractivity contribution is -0.140. The Kier molecular flexibility index (Phi) is 3.62. The minimum atomic E-state index is -0.883. The van der Waals surface area contributed by atoms with E-state index in [2.05, 4.69) is 5.32 Å². The lowest BCUT2D eigenvalue weighted by Gasteiger charge is -2.12.